The molecule has 52 valence electrons. The van der Waals surface area contributed by atoms with Gasteiger partial charge in [-0.15, -0.1) is 0 Å². The molecule has 0 aromatic carbocycles. The molecule has 11 heavy (non-hydrogen) atoms. The van der Waals surface area contributed by atoms with Crippen LogP contribution < -0.4 is 42.8 Å². The summed E-state index contributed by atoms with van der Waals surface area (Å²) >= 11 is 3.98. The van der Waals surface area contributed by atoms with Gasteiger partial charge >= 0.3 is 37.7 Å². The molecule has 0 amide bonds. The van der Waals surface area contributed by atoms with E-state index < -0.39 is 23.6 Å². The first-order valence-electron chi connectivity index (χ1n) is 2.13. The predicted octanol–water partition coefficient (Wildman–Crippen LogP) is -8.43. The van der Waals surface area contributed by atoms with Crippen LogP contribution in [-0.2, 0) is 22.2 Å². The van der Waals surface area contributed by atoms with Crippen molar-refractivity contribution in [3.05, 3.63) is 0 Å². The van der Waals surface area contributed by atoms with Gasteiger partial charge in [0.05, 0.1) is 12.1 Å². The third-order valence-electron chi connectivity index (χ3n) is 0.632. The third kappa shape index (κ3) is 10.5. The van der Waals surface area contributed by atoms with Crippen LogP contribution in [0.1, 0.15) is 6.42 Å². The summed E-state index contributed by atoms with van der Waals surface area (Å²) < 4.78 is 0. The predicted molar refractivity (Wildman–Crippen MR) is 28.0 cm³/mol. The molecule has 0 saturated carbocycles. The average molecular weight is 162 g/mol. The number of rotatable bonds is 3. The Bertz CT molecular complexity index is 140. The second-order valence-corrected chi connectivity index (χ2v) is 1.87. The minimum absolute atomic E-state index is 0. The Labute approximate surface area is 93.5 Å². The molecular formula is C4H4Li2O4S. The number of hydrogen-bond donors (Lipinski definition) is 1. The van der Waals surface area contributed by atoms with Crippen molar-refractivity contribution < 1.29 is 57.5 Å². The molecule has 0 spiro atoms. The molecule has 1 N–H and O–H groups in total. The largest absolute Gasteiger partial charge is 1.00 e. The number of carbonyl (C=O) groups excluding carboxylic acids is 2. The van der Waals surface area contributed by atoms with Crippen molar-refractivity contribution in [1.29, 1.82) is 0 Å². The Kier molecular flexibility index (Phi) is 13.7. The van der Waals surface area contributed by atoms with Crippen LogP contribution in [0.2, 0.25) is 0 Å². The van der Waals surface area contributed by atoms with Gasteiger partial charge in [0.2, 0.25) is 0 Å². The molecule has 0 heterocycles. The molecule has 0 rings (SSSR count). The summed E-state index contributed by atoms with van der Waals surface area (Å²) in [4.78, 5) is 19.6. The van der Waals surface area contributed by atoms with E-state index in [1.165, 1.54) is 0 Å². The van der Waals surface area contributed by atoms with Gasteiger partial charge in [0.1, 0.15) is 0 Å². The van der Waals surface area contributed by atoms with Gasteiger partial charge in [-0.25, -0.2) is 0 Å². The van der Waals surface area contributed by atoms with Crippen molar-refractivity contribution in [2.45, 2.75) is 12.5 Å². The second-order valence-electron chi connectivity index (χ2n) is 1.41. The molecule has 1 atom stereocenters. The van der Waals surface area contributed by atoms with E-state index in [2.05, 4.69) is 12.6 Å². The Hall–Kier alpha value is 0.515. The van der Waals surface area contributed by atoms with Gasteiger partial charge in [0.15, 0.2) is 0 Å². The minimum atomic E-state index is -1.75. The molecule has 0 fully saturated rings. The van der Waals surface area contributed by atoms with Crippen LogP contribution in [0, 0.1) is 0 Å². The van der Waals surface area contributed by atoms with Crippen molar-refractivity contribution in [2.75, 3.05) is 0 Å². The molecule has 0 aliphatic carbocycles. The van der Waals surface area contributed by atoms with Gasteiger partial charge in [-0.05, 0) is 0 Å². The molecule has 4 nitrogen and oxygen atoms in total. The molecule has 0 aromatic heterocycles. The maximum absolute atomic E-state index is 9.92. The van der Waals surface area contributed by atoms with Crippen LogP contribution in [0.15, 0.2) is 0 Å². The zero-order valence-electron chi connectivity index (χ0n) is 6.36. The molecule has 0 bridgehead atoms. The monoisotopic (exact) mass is 162 g/mol. The van der Waals surface area contributed by atoms with Crippen LogP contribution >= 0.6 is 0 Å². The fraction of sp³-hybridized carbons (Fsp3) is 0.500. The summed E-state index contributed by atoms with van der Waals surface area (Å²) in [6.45, 7) is 0. The van der Waals surface area contributed by atoms with E-state index in [0.29, 0.717) is 0 Å². The van der Waals surface area contributed by atoms with E-state index in [1.807, 2.05) is 0 Å². The SMILES string of the molecule is O=C([S-])CC(O)C(=O)[O-].[Li+].[Li+]. The molecule has 0 aliphatic heterocycles. The number of aliphatic carboxylic acids is 1. The van der Waals surface area contributed by atoms with Crippen molar-refractivity contribution in [2.24, 2.45) is 0 Å². The average Bonchev–Trinajstić information content (AvgIpc) is 1.63. The summed E-state index contributed by atoms with van der Waals surface area (Å²) in [7, 11) is 0. The molecule has 0 aromatic rings. The number of hydrogen-bond acceptors (Lipinski definition) is 5. The molecule has 1 unspecified atom stereocenters. The van der Waals surface area contributed by atoms with Crippen LogP contribution in [0.25, 0.3) is 0 Å². The topological polar surface area (TPSA) is 77.4 Å². The van der Waals surface area contributed by atoms with Crippen LogP contribution in [-0.4, -0.2) is 22.3 Å². The van der Waals surface area contributed by atoms with Gasteiger partial charge < -0.3 is 32.4 Å². The summed E-state index contributed by atoms with van der Waals surface area (Å²) in [5.74, 6) is -1.67. The first kappa shape index (κ1) is 17.6. The van der Waals surface area contributed by atoms with Crippen molar-refractivity contribution in [3.63, 3.8) is 0 Å². The van der Waals surface area contributed by atoms with E-state index in [-0.39, 0.29) is 37.7 Å². The first-order chi connectivity index (χ1) is 4.04. The number of carboxylic acids is 1. The van der Waals surface area contributed by atoms with Crippen LogP contribution in [0.4, 0.5) is 0 Å². The number of carboxylic acid groups (broad SMARTS) is 1. The minimum Gasteiger partial charge on any atom is -0.742 e. The molecule has 0 saturated heterocycles. The number of carbonyl (C=O) groups is 2. The van der Waals surface area contributed by atoms with E-state index in [9.17, 15) is 14.7 Å². The molecule has 0 radical (unpaired) electrons. The van der Waals surface area contributed by atoms with E-state index >= 15 is 0 Å². The summed E-state index contributed by atoms with van der Waals surface area (Å²) in [5.41, 5.74) is 0. The van der Waals surface area contributed by atoms with E-state index in [4.69, 9.17) is 5.11 Å². The number of aliphatic hydroxyl groups excluding tert-OH is 1. The maximum Gasteiger partial charge on any atom is 1.00 e. The van der Waals surface area contributed by atoms with Gasteiger partial charge in [0, 0.05) is 11.5 Å². The van der Waals surface area contributed by atoms with Gasteiger partial charge in [-0.2, -0.15) is 0 Å². The number of aliphatic hydroxyl groups is 1. The smallest absolute Gasteiger partial charge is 0.742 e. The summed E-state index contributed by atoms with van der Waals surface area (Å²) in [6, 6.07) is 0. The maximum atomic E-state index is 9.92. The molecule has 7 heteroatoms. The quantitative estimate of drug-likeness (QED) is 0.329. The Balaban J connectivity index is -0.000000320. The first-order valence-corrected chi connectivity index (χ1v) is 2.53. The van der Waals surface area contributed by atoms with Crippen LogP contribution in [0.3, 0.4) is 0 Å². The summed E-state index contributed by atoms with van der Waals surface area (Å²) in [5, 5.41) is 17.2. The van der Waals surface area contributed by atoms with Gasteiger partial charge in [-0.1, -0.05) is 0 Å². The Morgan fingerprint density at radius 3 is 1.91 bits per heavy atom. The molecule has 0 aliphatic rings. The third-order valence-corrected chi connectivity index (χ3v) is 0.799. The fourth-order valence-corrected chi connectivity index (χ4v) is 0.399. The standard InChI is InChI=1S/C4H6O4S.2Li/c5-2(4(7)8)1-3(6)9;;/h2,5H,1H2,(H,6,9)(H,7,8);;/q;2*+1/p-2. The molecular weight excluding hydrogens is 158 g/mol. The van der Waals surface area contributed by atoms with Crippen molar-refractivity contribution in [3.8, 4) is 0 Å². The van der Waals surface area contributed by atoms with Crippen LogP contribution in [0.5, 0.6) is 0 Å². The van der Waals surface area contributed by atoms with Gasteiger partial charge in [-0.3, -0.25) is 0 Å². The van der Waals surface area contributed by atoms with Crippen molar-refractivity contribution in [1.82, 2.24) is 0 Å². The Morgan fingerprint density at radius 1 is 1.45 bits per heavy atom. The van der Waals surface area contributed by atoms with E-state index in [1.54, 1.807) is 0 Å². The fourth-order valence-electron chi connectivity index (χ4n) is 0.241. The zero-order valence-corrected chi connectivity index (χ0v) is 7.18. The second kappa shape index (κ2) is 8.61. The Morgan fingerprint density at radius 2 is 1.82 bits per heavy atom. The van der Waals surface area contributed by atoms with Crippen molar-refractivity contribution >= 4 is 23.7 Å². The van der Waals surface area contributed by atoms with Gasteiger partial charge in [0.25, 0.3) is 0 Å². The zero-order chi connectivity index (χ0) is 7.44. The normalized spacial score (nSPS) is 10.3. The summed E-state index contributed by atoms with van der Waals surface area (Å²) in [6.07, 6.45) is -2.31. The van der Waals surface area contributed by atoms with E-state index in [0.717, 1.165) is 0 Å².